The molecule has 1 saturated carbocycles. The molecule has 1 aliphatic carbocycles. The Morgan fingerprint density at radius 2 is 1.70 bits per heavy atom. The molecule has 2 rings (SSSR count). The lowest BCUT2D eigenvalue weighted by Crippen LogP contribution is -2.57. The smallest absolute Gasteiger partial charge is 0.234 e. The van der Waals surface area contributed by atoms with Gasteiger partial charge < -0.3 is 5.32 Å². The number of rotatable bonds is 4. The van der Waals surface area contributed by atoms with E-state index in [0.29, 0.717) is 12.8 Å². The van der Waals surface area contributed by atoms with Gasteiger partial charge in [0.2, 0.25) is 5.91 Å². The van der Waals surface area contributed by atoms with Gasteiger partial charge in [-0.25, -0.2) is 0 Å². The first-order valence-electron chi connectivity index (χ1n) is 7.14. The Kier molecular flexibility index (Phi) is 3.72. The number of carbonyl (C=O) groups is 2. The molecule has 0 aromatic heterocycles. The average Bonchev–Trinajstić information content (AvgIpc) is 2.35. The molecule has 1 amide bonds. The van der Waals surface area contributed by atoms with Crippen molar-refractivity contribution in [1.82, 2.24) is 5.32 Å². The number of nitrogens with one attached hydrogen (secondary N) is 1. The standard InChI is InChI=1S/C17H23NO2/c1-12(14-8-6-5-7-9-14)18-15(20)17(13(2)19)10-16(3,4)11-17/h5-9,12H,10-11H2,1-4H3,(H,18,20)/t12-/m1/s1. The van der Waals surface area contributed by atoms with E-state index in [9.17, 15) is 9.59 Å². The zero-order valence-electron chi connectivity index (χ0n) is 12.7. The van der Waals surface area contributed by atoms with Crippen LogP contribution in [0.2, 0.25) is 0 Å². The molecular formula is C17H23NO2. The molecule has 1 aromatic carbocycles. The van der Waals surface area contributed by atoms with E-state index in [0.717, 1.165) is 5.56 Å². The maximum absolute atomic E-state index is 12.5. The minimum absolute atomic E-state index is 0.0189. The largest absolute Gasteiger partial charge is 0.349 e. The van der Waals surface area contributed by atoms with Gasteiger partial charge in [0.25, 0.3) is 0 Å². The lowest BCUT2D eigenvalue weighted by Gasteiger charge is -2.50. The molecule has 0 bridgehead atoms. The second kappa shape index (κ2) is 5.04. The van der Waals surface area contributed by atoms with Crippen molar-refractivity contribution in [2.45, 2.75) is 46.6 Å². The summed E-state index contributed by atoms with van der Waals surface area (Å²) in [6.07, 6.45) is 1.28. The highest BCUT2D eigenvalue weighted by Crippen LogP contribution is 2.54. The van der Waals surface area contributed by atoms with E-state index in [1.807, 2.05) is 37.3 Å². The van der Waals surface area contributed by atoms with Gasteiger partial charge in [-0.2, -0.15) is 0 Å². The van der Waals surface area contributed by atoms with Gasteiger partial charge >= 0.3 is 0 Å². The van der Waals surface area contributed by atoms with Gasteiger partial charge in [-0.05, 0) is 37.7 Å². The Morgan fingerprint density at radius 1 is 1.15 bits per heavy atom. The van der Waals surface area contributed by atoms with Crippen molar-refractivity contribution in [3.8, 4) is 0 Å². The third-order valence-corrected chi connectivity index (χ3v) is 4.32. The Labute approximate surface area is 120 Å². The van der Waals surface area contributed by atoms with Crippen LogP contribution in [0.1, 0.15) is 52.1 Å². The van der Waals surface area contributed by atoms with Crippen molar-refractivity contribution in [2.75, 3.05) is 0 Å². The summed E-state index contributed by atoms with van der Waals surface area (Å²) in [6.45, 7) is 7.68. The summed E-state index contributed by atoms with van der Waals surface area (Å²) >= 11 is 0. The molecule has 20 heavy (non-hydrogen) atoms. The van der Waals surface area contributed by atoms with E-state index in [2.05, 4.69) is 19.2 Å². The predicted molar refractivity (Wildman–Crippen MR) is 79.1 cm³/mol. The number of hydrogen-bond donors (Lipinski definition) is 1. The fourth-order valence-electron chi connectivity index (χ4n) is 3.31. The average molecular weight is 273 g/mol. The van der Waals surface area contributed by atoms with Gasteiger partial charge in [0.15, 0.2) is 0 Å². The van der Waals surface area contributed by atoms with Crippen LogP contribution in [0, 0.1) is 10.8 Å². The molecule has 0 spiro atoms. The van der Waals surface area contributed by atoms with E-state index in [-0.39, 0.29) is 23.1 Å². The second-order valence-corrected chi connectivity index (χ2v) is 6.76. The fraction of sp³-hybridized carbons (Fsp3) is 0.529. The zero-order valence-corrected chi connectivity index (χ0v) is 12.7. The molecule has 0 saturated heterocycles. The van der Waals surface area contributed by atoms with Gasteiger partial charge in [0, 0.05) is 0 Å². The number of Topliss-reactive ketones (excluding diaryl/α,β-unsaturated/α-hetero) is 1. The minimum atomic E-state index is -0.813. The first-order chi connectivity index (χ1) is 9.27. The number of benzene rings is 1. The Balaban J connectivity index is 2.09. The van der Waals surface area contributed by atoms with E-state index in [1.165, 1.54) is 6.92 Å². The molecule has 108 valence electrons. The van der Waals surface area contributed by atoms with Crippen molar-refractivity contribution in [3.05, 3.63) is 35.9 Å². The summed E-state index contributed by atoms with van der Waals surface area (Å²) in [4.78, 5) is 24.5. The number of amides is 1. The van der Waals surface area contributed by atoms with Gasteiger partial charge in [-0.15, -0.1) is 0 Å². The van der Waals surface area contributed by atoms with E-state index < -0.39 is 5.41 Å². The van der Waals surface area contributed by atoms with Gasteiger partial charge in [0.05, 0.1) is 6.04 Å². The van der Waals surface area contributed by atoms with Crippen LogP contribution in [0.25, 0.3) is 0 Å². The number of ketones is 1. The Morgan fingerprint density at radius 3 is 2.15 bits per heavy atom. The summed E-state index contributed by atoms with van der Waals surface area (Å²) in [6, 6.07) is 9.73. The normalized spacial score (nSPS) is 20.6. The first-order valence-corrected chi connectivity index (χ1v) is 7.14. The van der Waals surface area contributed by atoms with Crippen LogP contribution in [0.3, 0.4) is 0 Å². The molecule has 0 unspecified atom stereocenters. The summed E-state index contributed by atoms with van der Waals surface area (Å²) in [5, 5.41) is 3.00. The third kappa shape index (κ3) is 2.62. The predicted octanol–water partition coefficient (Wildman–Crippen LogP) is 3.26. The molecule has 1 fully saturated rings. The van der Waals surface area contributed by atoms with E-state index in [4.69, 9.17) is 0 Å². The molecule has 0 aliphatic heterocycles. The molecule has 3 heteroatoms. The number of carbonyl (C=O) groups excluding carboxylic acids is 2. The van der Waals surface area contributed by atoms with Crippen molar-refractivity contribution in [2.24, 2.45) is 10.8 Å². The molecule has 3 nitrogen and oxygen atoms in total. The van der Waals surface area contributed by atoms with Crippen LogP contribution >= 0.6 is 0 Å². The lowest BCUT2D eigenvalue weighted by atomic mass is 9.52. The monoisotopic (exact) mass is 273 g/mol. The molecule has 1 aliphatic rings. The van der Waals surface area contributed by atoms with Gasteiger partial charge in [0.1, 0.15) is 11.2 Å². The fourth-order valence-corrected chi connectivity index (χ4v) is 3.31. The van der Waals surface area contributed by atoms with Crippen LogP contribution in [0.15, 0.2) is 30.3 Å². The van der Waals surface area contributed by atoms with E-state index >= 15 is 0 Å². The maximum Gasteiger partial charge on any atom is 0.234 e. The van der Waals surface area contributed by atoms with Crippen LogP contribution in [-0.2, 0) is 9.59 Å². The first kappa shape index (κ1) is 14.8. The van der Waals surface area contributed by atoms with Crippen LogP contribution in [-0.4, -0.2) is 11.7 Å². The summed E-state index contributed by atoms with van der Waals surface area (Å²) < 4.78 is 0. The maximum atomic E-state index is 12.5. The summed E-state index contributed by atoms with van der Waals surface area (Å²) in [5.41, 5.74) is 0.323. The lowest BCUT2D eigenvalue weighted by molar-refractivity contribution is -0.156. The summed E-state index contributed by atoms with van der Waals surface area (Å²) in [5.74, 6) is -0.143. The molecule has 1 N–H and O–H groups in total. The van der Waals surface area contributed by atoms with Crippen molar-refractivity contribution >= 4 is 11.7 Å². The zero-order chi connectivity index (χ0) is 15.0. The van der Waals surface area contributed by atoms with Crippen molar-refractivity contribution in [3.63, 3.8) is 0 Å². The third-order valence-electron chi connectivity index (χ3n) is 4.32. The quantitative estimate of drug-likeness (QED) is 0.856. The topological polar surface area (TPSA) is 46.2 Å². The van der Waals surface area contributed by atoms with Crippen LogP contribution < -0.4 is 5.32 Å². The molecule has 1 aromatic rings. The minimum Gasteiger partial charge on any atom is -0.349 e. The van der Waals surface area contributed by atoms with Gasteiger partial charge in [-0.1, -0.05) is 44.2 Å². The van der Waals surface area contributed by atoms with Crippen molar-refractivity contribution in [1.29, 1.82) is 0 Å². The molecule has 1 atom stereocenters. The SMILES string of the molecule is CC(=O)C1(C(=O)N[C@H](C)c2ccccc2)CC(C)(C)C1. The molecule has 0 radical (unpaired) electrons. The molecular weight excluding hydrogens is 250 g/mol. The van der Waals surface area contributed by atoms with Crippen molar-refractivity contribution < 1.29 is 9.59 Å². The van der Waals surface area contributed by atoms with Crippen LogP contribution in [0.5, 0.6) is 0 Å². The Bertz CT molecular complexity index is 511. The second-order valence-electron chi connectivity index (χ2n) is 6.76. The van der Waals surface area contributed by atoms with Gasteiger partial charge in [-0.3, -0.25) is 9.59 Å². The number of hydrogen-bond acceptors (Lipinski definition) is 2. The Hall–Kier alpha value is -1.64. The highest BCUT2D eigenvalue weighted by molar-refractivity contribution is 6.06. The van der Waals surface area contributed by atoms with Crippen LogP contribution in [0.4, 0.5) is 0 Å². The van der Waals surface area contributed by atoms with E-state index in [1.54, 1.807) is 0 Å². The molecule has 0 heterocycles. The highest BCUT2D eigenvalue weighted by Gasteiger charge is 2.57. The highest BCUT2D eigenvalue weighted by atomic mass is 16.2. The summed E-state index contributed by atoms with van der Waals surface area (Å²) in [7, 11) is 0.